The van der Waals surface area contributed by atoms with Crippen molar-refractivity contribution < 1.29 is 39.6 Å². The summed E-state index contributed by atoms with van der Waals surface area (Å²) in [5.74, 6) is -6.15. The first-order chi connectivity index (χ1) is 11.2. The minimum Gasteiger partial charge on any atom is -0.480 e. The Hall–Kier alpha value is -3.42. The van der Waals surface area contributed by atoms with Crippen molar-refractivity contribution in [3.8, 4) is 0 Å². The number of hydrogen-bond acceptors (Lipinski definition) is 4. The molecule has 8 nitrogen and oxygen atoms in total. The number of aromatic carboxylic acids is 2. The van der Waals surface area contributed by atoms with Crippen molar-refractivity contribution in [3.05, 3.63) is 53.1 Å². The molecule has 4 N–H and O–H groups in total. The molecule has 8 heteroatoms. The van der Waals surface area contributed by atoms with Gasteiger partial charge in [-0.25, -0.2) is 9.59 Å². The molecule has 0 saturated carbocycles. The maximum atomic E-state index is 11.5. The molecule has 0 radical (unpaired) electrons. The van der Waals surface area contributed by atoms with Gasteiger partial charge in [-0.05, 0) is 17.2 Å². The fraction of sp³-hybridized carbons (Fsp3) is 0.125. The van der Waals surface area contributed by atoms with Gasteiger partial charge >= 0.3 is 23.9 Å². The van der Waals surface area contributed by atoms with Crippen molar-refractivity contribution in [1.82, 2.24) is 0 Å². The summed E-state index contributed by atoms with van der Waals surface area (Å²) in [6, 6.07) is 3.74. The third-order valence-electron chi connectivity index (χ3n) is 3.77. The summed E-state index contributed by atoms with van der Waals surface area (Å²) in [4.78, 5) is 45.5. The van der Waals surface area contributed by atoms with E-state index in [1.54, 1.807) is 0 Å². The third kappa shape index (κ3) is 2.65. The molecule has 0 spiro atoms. The first kappa shape index (κ1) is 16.9. The summed E-state index contributed by atoms with van der Waals surface area (Å²) in [5, 5.41) is 37.0. The highest BCUT2D eigenvalue weighted by atomic mass is 16.4. The Labute approximate surface area is 135 Å². The van der Waals surface area contributed by atoms with Crippen molar-refractivity contribution in [2.24, 2.45) is 5.41 Å². The van der Waals surface area contributed by atoms with E-state index in [2.05, 4.69) is 0 Å². The summed E-state index contributed by atoms with van der Waals surface area (Å²) >= 11 is 0. The molecule has 0 heterocycles. The lowest BCUT2D eigenvalue weighted by atomic mass is 9.75. The van der Waals surface area contributed by atoms with Crippen LogP contribution in [0.4, 0.5) is 0 Å². The van der Waals surface area contributed by atoms with Gasteiger partial charge in [0.2, 0.25) is 0 Å². The molecule has 0 aromatic heterocycles. The zero-order valence-corrected chi connectivity index (χ0v) is 12.1. The van der Waals surface area contributed by atoms with Gasteiger partial charge in [0, 0.05) is 6.42 Å². The van der Waals surface area contributed by atoms with E-state index in [4.69, 9.17) is 5.11 Å². The molecule has 0 aliphatic heterocycles. The number of hydrogen-bond donors (Lipinski definition) is 4. The topological polar surface area (TPSA) is 149 Å². The normalized spacial score (nSPS) is 15.4. The first-order valence-electron chi connectivity index (χ1n) is 6.66. The van der Waals surface area contributed by atoms with E-state index < -0.39 is 46.8 Å². The van der Waals surface area contributed by atoms with Crippen molar-refractivity contribution in [3.63, 3.8) is 0 Å². The van der Waals surface area contributed by atoms with Crippen molar-refractivity contribution in [2.75, 3.05) is 0 Å². The summed E-state index contributed by atoms with van der Waals surface area (Å²) in [6.45, 7) is 0. The van der Waals surface area contributed by atoms with Gasteiger partial charge in [0.25, 0.3) is 0 Å². The van der Waals surface area contributed by atoms with Gasteiger partial charge in [-0.2, -0.15) is 0 Å². The highest BCUT2D eigenvalue weighted by molar-refractivity contribution is 6.07. The van der Waals surface area contributed by atoms with Crippen LogP contribution in [-0.4, -0.2) is 44.3 Å². The lowest BCUT2D eigenvalue weighted by molar-refractivity contribution is -0.160. The minimum atomic E-state index is -2.24. The summed E-state index contributed by atoms with van der Waals surface area (Å²) < 4.78 is 0. The molecule has 0 amide bonds. The van der Waals surface area contributed by atoms with Gasteiger partial charge in [0.15, 0.2) is 5.41 Å². The van der Waals surface area contributed by atoms with E-state index in [1.807, 2.05) is 0 Å². The second-order valence-corrected chi connectivity index (χ2v) is 5.15. The largest absolute Gasteiger partial charge is 0.480 e. The van der Waals surface area contributed by atoms with Crippen LogP contribution in [0.1, 0.15) is 32.7 Å². The summed E-state index contributed by atoms with van der Waals surface area (Å²) in [6.07, 6.45) is 3.08. The van der Waals surface area contributed by atoms with E-state index in [9.17, 15) is 34.5 Å². The van der Waals surface area contributed by atoms with Crippen molar-refractivity contribution in [2.45, 2.75) is 6.42 Å². The number of carboxylic acid groups (broad SMARTS) is 4. The molecule has 0 saturated heterocycles. The monoisotopic (exact) mass is 332 g/mol. The maximum Gasteiger partial charge on any atom is 0.337 e. The Balaban J connectivity index is 2.64. The molecule has 1 aromatic rings. The van der Waals surface area contributed by atoms with Gasteiger partial charge in [0.05, 0.1) is 11.1 Å². The molecular formula is C16H12O8. The number of carboxylic acids is 4. The minimum absolute atomic E-state index is 0.0291. The quantitative estimate of drug-likeness (QED) is 0.594. The third-order valence-corrected chi connectivity index (χ3v) is 3.77. The molecule has 0 bridgehead atoms. The highest BCUT2D eigenvalue weighted by Crippen LogP contribution is 2.38. The summed E-state index contributed by atoms with van der Waals surface area (Å²) in [7, 11) is 0. The highest BCUT2D eigenvalue weighted by Gasteiger charge is 2.46. The van der Waals surface area contributed by atoms with Crippen molar-refractivity contribution in [1.29, 1.82) is 0 Å². The van der Waals surface area contributed by atoms with Crippen LogP contribution in [0.5, 0.6) is 0 Å². The number of allylic oxidation sites excluding steroid dienone is 3. The first-order valence-corrected chi connectivity index (χ1v) is 6.66. The average Bonchev–Trinajstić information content (AvgIpc) is 2.53. The van der Waals surface area contributed by atoms with Gasteiger partial charge in [0.1, 0.15) is 0 Å². The number of carbonyl (C=O) groups is 4. The molecule has 1 aliphatic carbocycles. The predicted octanol–water partition coefficient (Wildman–Crippen LogP) is 1.58. The van der Waals surface area contributed by atoms with Gasteiger partial charge in [-0.15, -0.1) is 0 Å². The molecule has 1 aliphatic rings. The fourth-order valence-electron chi connectivity index (χ4n) is 2.55. The number of benzene rings is 1. The van der Waals surface area contributed by atoms with E-state index in [1.165, 1.54) is 24.3 Å². The standard InChI is InChI=1S/C16H12O8/c17-12(18)10-5-1-4-9(11(10)13(19)20)8-3-2-6-16(7-8,14(21)22)15(23)24/h1-6H,7H2,(H,17,18)(H,19,20)(H,21,22)(H,23,24). The van der Waals surface area contributed by atoms with Crippen LogP contribution in [0, 0.1) is 5.41 Å². The Bertz CT molecular complexity index is 801. The Morgan fingerprint density at radius 1 is 0.917 bits per heavy atom. The van der Waals surface area contributed by atoms with Crippen molar-refractivity contribution >= 4 is 29.5 Å². The summed E-state index contributed by atoms with van der Waals surface area (Å²) in [5.41, 5.74) is -3.14. The second-order valence-electron chi connectivity index (χ2n) is 5.15. The van der Waals surface area contributed by atoms with Crippen LogP contribution < -0.4 is 0 Å². The molecule has 24 heavy (non-hydrogen) atoms. The average molecular weight is 332 g/mol. The van der Waals surface area contributed by atoms with Gasteiger partial charge < -0.3 is 20.4 Å². The van der Waals surface area contributed by atoms with E-state index in [0.29, 0.717) is 0 Å². The molecular weight excluding hydrogens is 320 g/mol. The van der Waals surface area contributed by atoms with Crippen LogP contribution >= 0.6 is 0 Å². The second kappa shape index (κ2) is 5.99. The van der Waals surface area contributed by atoms with Gasteiger partial charge in [-0.3, -0.25) is 9.59 Å². The van der Waals surface area contributed by atoms with E-state index in [0.717, 1.165) is 12.1 Å². The van der Waals surface area contributed by atoms with Gasteiger partial charge in [-0.1, -0.05) is 30.4 Å². The lowest BCUT2D eigenvalue weighted by Gasteiger charge is -2.26. The van der Waals surface area contributed by atoms with E-state index >= 15 is 0 Å². The molecule has 1 aromatic carbocycles. The van der Waals surface area contributed by atoms with Crippen LogP contribution in [0.3, 0.4) is 0 Å². The fourth-order valence-corrected chi connectivity index (χ4v) is 2.55. The Kier molecular flexibility index (Phi) is 4.23. The predicted molar refractivity (Wildman–Crippen MR) is 79.8 cm³/mol. The van der Waals surface area contributed by atoms with E-state index in [-0.39, 0.29) is 11.1 Å². The Morgan fingerprint density at radius 3 is 2.04 bits per heavy atom. The van der Waals surface area contributed by atoms with Crippen LogP contribution in [0.15, 0.2) is 36.4 Å². The molecule has 124 valence electrons. The number of aliphatic carboxylic acids is 2. The molecule has 0 fully saturated rings. The zero-order valence-electron chi connectivity index (χ0n) is 12.1. The SMILES string of the molecule is O=C(O)c1cccc(C2=CC=CC(C(=O)O)(C(=O)O)C2)c1C(=O)O. The van der Waals surface area contributed by atoms with Crippen LogP contribution in [0.2, 0.25) is 0 Å². The lowest BCUT2D eigenvalue weighted by Crippen LogP contribution is -2.38. The number of rotatable bonds is 5. The Morgan fingerprint density at radius 2 is 1.54 bits per heavy atom. The molecule has 0 unspecified atom stereocenters. The van der Waals surface area contributed by atoms with Crippen LogP contribution in [-0.2, 0) is 9.59 Å². The van der Waals surface area contributed by atoms with Crippen LogP contribution in [0.25, 0.3) is 5.57 Å². The smallest absolute Gasteiger partial charge is 0.337 e. The zero-order chi connectivity index (χ0) is 18.1. The molecule has 0 atom stereocenters. The molecule has 2 rings (SSSR count). The maximum absolute atomic E-state index is 11.5.